The van der Waals surface area contributed by atoms with Crippen LogP contribution in [-0.4, -0.2) is 18.0 Å². The van der Waals surface area contributed by atoms with E-state index in [4.69, 9.17) is 5.73 Å². The number of imide groups is 1. The molecule has 0 unspecified atom stereocenters. The summed E-state index contributed by atoms with van der Waals surface area (Å²) >= 11 is 0. The van der Waals surface area contributed by atoms with Crippen molar-refractivity contribution < 1.29 is 9.59 Å². The van der Waals surface area contributed by atoms with E-state index in [1.54, 1.807) is 6.92 Å². The van der Waals surface area contributed by atoms with Gasteiger partial charge < -0.3 is 5.73 Å². The van der Waals surface area contributed by atoms with Crippen LogP contribution in [0.1, 0.15) is 36.9 Å². The predicted octanol–water partition coefficient (Wildman–Crippen LogP) is 1.24. The van der Waals surface area contributed by atoms with Crippen LogP contribution >= 0.6 is 0 Å². The third-order valence-electron chi connectivity index (χ3n) is 3.46. The second kappa shape index (κ2) is 5.84. The van der Waals surface area contributed by atoms with Gasteiger partial charge in [-0.25, -0.2) is 4.79 Å². The monoisotopic (exact) mass is 261 g/mol. The highest BCUT2D eigenvalue weighted by Crippen LogP contribution is 2.29. The van der Waals surface area contributed by atoms with E-state index in [1.807, 2.05) is 12.1 Å². The average Bonchev–Trinajstić information content (AvgIpc) is 2.38. The fourth-order valence-electron chi connectivity index (χ4n) is 2.53. The molecule has 1 aliphatic carbocycles. The third kappa shape index (κ3) is 3.32. The normalized spacial score (nSPS) is 19.3. The number of nitrogens with one attached hydrogen (secondary N) is 2. The molecule has 2 rings (SSSR count). The molecule has 102 valence electrons. The van der Waals surface area contributed by atoms with Gasteiger partial charge in [0, 0.05) is 6.04 Å². The number of primary amides is 1. The summed E-state index contributed by atoms with van der Waals surface area (Å²) in [5, 5.41) is 5.35. The van der Waals surface area contributed by atoms with E-state index in [9.17, 15) is 9.59 Å². The molecule has 0 bridgehead atoms. The molecular weight excluding hydrogens is 242 g/mol. The predicted molar refractivity (Wildman–Crippen MR) is 72.4 cm³/mol. The SMILES string of the molecule is C[C@H](N[C@@H]1CCCc2ccccc21)C(=O)NC(N)=O. The molecule has 1 aliphatic rings. The first-order chi connectivity index (χ1) is 9.08. The maximum Gasteiger partial charge on any atom is 0.318 e. The fourth-order valence-corrected chi connectivity index (χ4v) is 2.53. The van der Waals surface area contributed by atoms with Gasteiger partial charge in [0.15, 0.2) is 0 Å². The summed E-state index contributed by atoms with van der Waals surface area (Å²) in [4.78, 5) is 22.3. The highest BCUT2D eigenvalue weighted by molar-refractivity contribution is 5.96. The van der Waals surface area contributed by atoms with Crippen LogP contribution in [0.2, 0.25) is 0 Å². The van der Waals surface area contributed by atoms with Gasteiger partial charge in [0.05, 0.1) is 6.04 Å². The zero-order valence-electron chi connectivity index (χ0n) is 11.0. The summed E-state index contributed by atoms with van der Waals surface area (Å²) in [6.07, 6.45) is 3.17. The van der Waals surface area contributed by atoms with Crippen molar-refractivity contribution in [2.24, 2.45) is 5.73 Å². The lowest BCUT2D eigenvalue weighted by molar-refractivity contribution is -0.121. The van der Waals surface area contributed by atoms with Gasteiger partial charge in [0.25, 0.3) is 0 Å². The molecule has 4 N–H and O–H groups in total. The Kier molecular flexibility index (Phi) is 4.16. The maximum atomic E-state index is 11.7. The Hall–Kier alpha value is -1.88. The summed E-state index contributed by atoms with van der Waals surface area (Å²) in [5.41, 5.74) is 7.51. The first-order valence-electron chi connectivity index (χ1n) is 6.52. The molecule has 0 aliphatic heterocycles. The average molecular weight is 261 g/mol. The van der Waals surface area contributed by atoms with Crippen molar-refractivity contribution >= 4 is 11.9 Å². The summed E-state index contributed by atoms with van der Waals surface area (Å²) in [5.74, 6) is -0.393. The molecule has 0 saturated carbocycles. The van der Waals surface area contributed by atoms with Crippen LogP contribution in [0.5, 0.6) is 0 Å². The first-order valence-corrected chi connectivity index (χ1v) is 6.52. The van der Waals surface area contributed by atoms with Gasteiger partial charge in [0.1, 0.15) is 0 Å². The molecule has 0 spiro atoms. The van der Waals surface area contributed by atoms with Crippen molar-refractivity contribution in [2.45, 2.75) is 38.3 Å². The quantitative estimate of drug-likeness (QED) is 0.765. The lowest BCUT2D eigenvalue weighted by Crippen LogP contribution is -2.47. The Morgan fingerprint density at radius 1 is 1.37 bits per heavy atom. The number of hydrogen-bond acceptors (Lipinski definition) is 3. The Labute approximate surface area is 112 Å². The van der Waals surface area contributed by atoms with E-state index in [1.165, 1.54) is 11.1 Å². The van der Waals surface area contributed by atoms with Crippen LogP contribution in [0.3, 0.4) is 0 Å². The Bertz CT molecular complexity index is 487. The number of hydrogen-bond donors (Lipinski definition) is 3. The Morgan fingerprint density at radius 3 is 2.84 bits per heavy atom. The third-order valence-corrected chi connectivity index (χ3v) is 3.46. The minimum absolute atomic E-state index is 0.151. The van der Waals surface area contributed by atoms with Gasteiger partial charge in [-0.1, -0.05) is 24.3 Å². The Balaban J connectivity index is 2.04. The van der Waals surface area contributed by atoms with Crippen molar-refractivity contribution in [3.05, 3.63) is 35.4 Å². The van der Waals surface area contributed by atoms with E-state index in [2.05, 4.69) is 22.8 Å². The van der Waals surface area contributed by atoms with E-state index in [0.717, 1.165) is 19.3 Å². The smallest absolute Gasteiger partial charge is 0.318 e. The maximum absolute atomic E-state index is 11.7. The molecule has 0 fully saturated rings. The fraction of sp³-hybridized carbons (Fsp3) is 0.429. The van der Waals surface area contributed by atoms with Crippen molar-refractivity contribution in [1.29, 1.82) is 0 Å². The van der Waals surface area contributed by atoms with Crippen LogP contribution < -0.4 is 16.4 Å². The first kappa shape index (κ1) is 13.5. The number of nitrogens with two attached hydrogens (primary N) is 1. The van der Waals surface area contributed by atoms with Crippen LogP contribution in [-0.2, 0) is 11.2 Å². The molecule has 1 aromatic rings. The van der Waals surface area contributed by atoms with Gasteiger partial charge in [-0.05, 0) is 37.3 Å². The van der Waals surface area contributed by atoms with Crippen LogP contribution in [0.15, 0.2) is 24.3 Å². The molecular formula is C14H19N3O2. The summed E-state index contributed by atoms with van der Waals surface area (Å²) in [7, 11) is 0. The van der Waals surface area contributed by atoms with E-state index in [-0.39, 0.29) is 6.04 Å². The number of benzene rings is 1. The number of amides is 3. The zero-order valence-corrected chi connectivity index (χ0v) is 11.0. The van der Waals surface area contributed by atoms with Crippen molar-refractivity contribution in [2.75, 3.05) is 0 Å². The minimum Gasteiger partial charge on any atom is -0.351 e. The van der Waals surface area contributed by atoms with Crippen LogP contribution in [0.4, 0.5) is 4.79 Å². The lowest BCUT2D eigenvalue weighted by atomic mass is 9.87. The highest BCUT2D eigenvalue weighted by Gasteiger charge is 2.23. The number of rotatable bonds is 3. The molecule has 2 atom stereocenters. The van der Waals surface area contributed by atoms with E-state index in [0.29, 0.717) is 0 Å². The standard InChI is InChI=1S/C14H19N3O2/c1-9(13(18)17-14(15)19)16-12-8-4-6-10-5-2-3-7-11(10)12/h2-3,5,7,9,12,16H,4,6,8H2,1H3,(H3,15,17,18,19)/t9-,12+/m0/s1. The molecule has 3 amide bonds. The highest BCUT2D eigenvalue weighted by atomic mass is 16.2. The van der Waals surface area contributed by atoms with Gasteiger partial charge in [0.2, 0.25) is 5.91 Å². The lowest BCUT2D eigenvalue weighted by Gasteiger charge is -2.28. The molecule has 0 radical (unpaired) electrons. The van der Waals surface area contributed by atoms with E-state index >= 15 is 0 Å². The van der Waals surface area contributed by atoms with Crippen molar-refractivity contribution in [3.63, 3.8) is 0 Å². The minimum atomic E-state index is -0.817. The van der Waals surface area contributed by atoms with Gasteiger partial charge in [-0.15, -0.1) is 0 Å². The second-order valence-corrected chi connectivity index (χ2v) is 4.89. The second-order valence-electron chi connectivity index (χ2n) is 4.89. The molecule has 5 heteroatoms. The molecule has 19 heavy (non-hydrogen) atoms. The number of carbonyl (C=O) groups excluding carboxylic acids is 2. The summed E-state index contributed by atoms with van der Waals surface area (Å²) in [6.45, 7) is 1.73. The van der Waals surface area contributed by atoms with Gasteiger partial charge in [-0.3, -0.25) is 15.4 Å². The topological polar surface area (TPSA) is 84.2 Å². The van der Waals surface area contributed by atoms with Crippen LogP contribution in [0.25, 0.3) is 0 Å². The van der Waals surface area contributed by atoms with Crippen molar-refractivity contribution in [1.82, 2.24) is 10.6 Å². The van der Waals surface area contributed by atoms with Gasteiger partial charge >= 0.3 is 6.03 Å². The summed E-state index contributed by atoms with van der Waals surface area (Å²) in [6, 6.07) is 7.13. The number of fused-ring (bicyclic) bond motifs is 1. The van der Waals surface area contributed by atoms with E-state index < -0.39 is 18.0 Å². The number of urea groups is 1. The molecule has 5 nitrogen and oxygen atoms in total. The number of aryl methyl sites for hydroxylation is 1. The van der Waals surface area contributed by atoms with Crippen molar-refractivity contribution in [3.8, 4) is 0 Å². The molecule has 0 heterocycles. The molecule has 0 saturated heterocycles. The molecule has 1 aromatic carbocycles. The summed E-state index contributed by atoms with van der Waals surface area (Å²) < 4.78 is 0. The molecule has 0 aromatic heterocycles. The number of carbonyl (C=O) groups is 2. The zero-order chi connectivity index (χ0) is 13.8. The van der Waals surface area contributed by atoms with Gasteiger partial charge in [-0.2, -0.15) is 0 Å². The van der Waals surface area contributed by atoms with Crippen LogP contribution in [0, 0.1) is 0 Å². The largest absolute Gasteiger partial charge is 0.351 e. The Morgan fingerprint density at radius 2 is 2.11 bits per heavy atom.